The van der Waals surface area contributed by atoms with Gasteiger partial charge in [-0.2, -0.15) is 0 Å². The van der Waals surface area contributed by atoms with Crippen LogP contribution >= 0.6 is 11.3 Å². The number of nitrogens with zero attached hydrogens (tertiary/aromatic N) is 1. The molecule has 1 atom stereocenters. The molecule has 0 amide bonds. The third kappa shape index (κ3) is 3.56. The summed E-state index contributed by atoms with van der Waals surface area (Å²) in [5.41, 5.74) is 0.286. The fourth-order valence-electron chi connectivity index (χ4n) is 2.79. The van der Waals surface area contributed by atoms with Crippen LogP contribution in [0.2, 0.25) is 0 Å². The molecule has 0 aromatic carbocycles. The highest BCUT2D eigenvalue weighted by molar-refractivity contribution is 7.10. The summed E-state index contributed by atoms with van der Waals surface area (Å²) in [6.07, 6.45) is 2.54. The SMILES string of the molecule is CCCNC1CCN(CC(C)(C)c2cccs2)C1. The van der Waals surface area contributed by atoms with E-state index in [-0.39, 0.29) is 5.41 Å². The van der Waals surface area contributed by atoms with Crippen molar-refractivity contribution >= 4 is 11.3 Å². The quantitative estimate of drug-likeness (QED) is 0.851. The number of nitrogens with one attached hydrogen (secondary N) is 1. The minimum absolute atomic E-state index is 0.286. The molecule has 18 heavy (non-hydrogen) atoms. The van der Waals surface area contributed by atoms with E-state index in [4.69, 9.17) is 0 Å². The molecular formula is C15H26N2S. The summed E-state index contributed by atoms with van der Waals surface area (Å²) in [6, 6.07) is 5.15. The van der Waals surface area contributed by atoms with E-state index in [2.05, 4.69) is 48.5 Å². The first-order valence-electron chi connectivity index (χ1n) is 7.11. The van der Waals surface area contributed by atoms with E-state index < -0.39 is 0 Å². The van der Waals surface area contributed by atoms with Crippen LogP contribution in [0.25, 0.3) is 0 Å². The second kappa shape index (κ2) is 6.18. The molecule has 1 aliphatic heterocycles. The lowest BCUT2D eigenvalue weighted by Gasteiger charge is -2.29. The standard InChI is InChI=1S/C15H26N2S/c1-4-8-16-13-7-9-17(11-13)12-15(2,3)14-6-5-10-18-14/h5-6,10,13,16H,4,7-9,11-12H2,1-3H3. The van der Waals surface area contributed by atoms with Crippen molar-refractivity contribution in [2.24, 2.45) is 0 Å². The maximum atomic E-state index is 3.64. The fourth-order valence-corrected chi connectivity index (χ4v) is 3.64. The Morgan fingerprint density at radius 2 is 2.33 bits per heavy atom. The van der Waals surface area contributed by atoms with Crippen molar-refractivity contribution in [1.29, 1.82) is 0 Å². The second-order valence-electron chi connectivity index (χ2n) is 6.04. The van der Waals surface area contributed by atoms with Crippen LogP contribution in [-0.2, 0) is 5.41 Å². The molecule has 1 aromatic heterocycles. The van der Waals surface area contributed by atoms with Crippen LogP contribution in [0.1, 0.15) is 38.5 Å². The van der Waals surface area contributed by atoms with Crippen LogP contribution < -0.4 is 5.32 Å². The smallest absolute Gasteiger partial charge is 0.0207 e. The minimum atomic E-state index is 0.286. The van der Waals surface area contributed by atoms with Crippen LogP contribution in [0.3, 0.4) is 0 Å². The molecule has 0 aliphatic carbocycles. The Hall–Kier alpha value is -0.380. The van der Waals surface area contributed by atoms with Crippen molar-refractivity contribution in [3.05, 3.63) is 22.4 Å². The van der Waals surface area contributed by atoms with Crippen molar-refractivity contribution in [2.75, 3.05) is 26.2 Å². The lowest BCUT2D eigenvalue weighted by atomic mass is 9.91. The molecule has 0 radical (unpaired) electrons. The normalized spacial score (nSPS) is 21.6. The highest BCUT2D eigenvalue weighted by atomic mass is 32.1. The Bertz CT molecular complexity index is 345. The van der Waals surface area contributed by atoms with Gasteiger partial charge in [-0.25, -0.2) is 0 Å². The maximum absolute atomic E-state index is 3.64. The Kier molecular flexibility index (Phi) is 4.82. The molecule has 2 nitrogen and oxygen atoms in total. The zero-order chi connectivity index (χ0) is 13.0. The van der Waals surface area contributed by atoms with Crippen molar-refractivity contribution in [1.82, 2.24) is 10.2 Å². The van der Waals surface area contributed by atoms with Gasteiger partial charge in [-0.05, 0) is 37.4 Å². The summed E-state index contributed by atoms with van der Waals surface area (Å²) in [4.78, 5) is 4.13. The van der Waals surface area contributed by atoms with Gasteiger partial charge >= 0.3 is 0 Å². The largest absolute Gasteiger partial charge is 0.313 e. The van der Waals surface area contributed by atoms with Gasteiger partial charge in [0.25, 0.3) is 0 Å². The summed E-state index contributed by atoms with van der Waals surface area (Å²) >= 11 is 1.89. The Balaban J connectivity index is 1.84. The summed E-state index contributed by atoms with van der Waals surface area (Å²) in [6.45, 7) is 11.8. The summed E-state index contributed by atoms with van der Waals surface area (Å²) in [5.74, 6) is 0. The number of thiophene rings is 1. The molecule has 1 saturated heterocycles. The zero-order valence-electron chi connectivity index (χ0n) is 11.9. The third-order valence-electron chi connectivity index (χ3n) is 3.76. The Labute approximate surface area is 115 Å². The van der Waals surface area contributed by atoms with E-state index in [0.29, 0.717) is 6.04 Å². The number of hydrogen-bond acceptors (Lipinski definition) is 3. The van der Waals surface area contributed by atoms with E-state index in [0.717, 1.165) is 6.54 Å². The first-order chi connectivity index (χ1) is 8.62. The van der Waals surface area contributed by atoms with Crippen LogP contribution in [0.4, 0.5) is 0 Å². The lowest BCUT2D eigenvalue weighted by molar-refractivity contribution is 0.265. The maximum Gasteiger partial charge on any atom is 0.0207 e. The highest BCUT2D eigenvalue weighted by Gasteiger charge is 2.29. The van der Waals surface area contributed by atoms with E-state index in [1.54, 1.807) is 0 Å². The molecule has 102 valence electrons. The van der Waals surface area contributed by atoms with E-state index in [1.807, 2.05) is 11.3 Å². The first kappa shape index (κ1) is 14.0. The van der Waals surface area contributed by atoms with Gasteiger partial charge < -0.3 is 10.2 Å². The average molecular weight is 266 g/mol. The van der Waals surface area contributed by atoms with E-state index in [1.165, 1.54) is 37.4 Å². The van der Waals surface area contributed by atoms with Crippen molar-refractivity contribution < 1.29 is 0 Å². The van der Waals surface area contributed by atoms with Crippen LogP contribution in [0.5, 0.6) is 0 Å². The van der Waals surface area contributed by atoms with Crippen LogP contribution in [0.15, 0.2) is 17.5 Å². The number of hydrogen-bond donors (Lipinski definition) is 1. The first-order valence-corrected chi connectivity index (χ1v) is 7.99. The predicted molar refractivity (Wildman–Crippen MR) is 80.5 cm³/mol. The van der Waals surface area contributed by atoms with Crippen LogP contribution in [0, 0.1) is 0 Å². The molecule has 1 fully saturated rings. The number of likely N-dealkylation sites (tertiary alicyclic amines) is 1. The second-order valence-corrected chi connectivity index (χ2v) is 6.98. The molecule has 0 spiro atoms. The van der Waals surface area contributed by atoms with Crippen molar-refractivity contribution in [2.45, 2.75) is 45.1 Å². The molecule has 2 rings (SSSR count). The molecule has 0 saturated carbocycles. The van der Waals surface area contributed by atoms with Crippen LogP contribution in [-0.4, -0.2) is 37.1 Å². The van der Waals surface area contributed by atoms with E-state index in [9.17, 15) is 0 Å². The van der Waals surface area contributed by atoms with Gasteiger partial charge in [-0.1, -0.05) is 26.8 Å². The number of rotatable bonds is 6. The van der Waals surface area contributed by atoms with Gasteiger partial charge in [0.1, 0.15) is 0 Å². The van der Waals surface area contributed by atoms with Gasteiger partial charge in [-0.15, -0.1) is 11.3 Å². The van der Waals surface area contributed by atoms with Crippen molar-refractivity contribution in [3.8, 4) is 0 Å². The van der Waals surface area contributed by atoms with Gasteiger partial charge in [0.05, 0.1) is 0 Å². The van der Waals surface area contributed by atoms with Gasteiger partial charge in [-0.3, -0.25) is 0 Å². The van der Waals surface area contributed by atoms with Gasteiger partial charge in [0.2, 0.25) is 0 Å². The summed E-state index contributed by atoms with van der Waals surface area (Å²) < 4.78 is 0. The van der Waals surface area contributed by atoms with Crippen molar-refractivity contribution in [3.63, 3.8) is 0 Å². The van der Waals surface area contributed by atoms with E-state index >= 15 is 0 Å². The monoisotopic (exact) mass is 266 g/mol. The predicted octanol–water partition coefficient (Wildman–Crippen LogP) is 3.10. The summed E-state index contributed by atoms with van der Waals surface area (Å²) in [5, 5.41) is 5.83. The summed E-state index contributed by atoms with van der Waals surface area (Å²) in [7, 11) is 0. The molecule has 0 bridgehead atoms. The highest BCUT2D eigenvalue weighted by Crippen LogP contribution is 2.29. The Morgan fingerprint density at radius 1 is 1.50 bits per heavy atom. The molecule has 2 heterocycles. The topological polar surface area (TPSA) is 15.3 Å². The third-order valence-corrected chi connectivity index (χ3v) is 5.00. The van der Waals surface area contributed by atoms with Gasteiger partial charge in [0, 0.05) is 29.4 Å². The molecule has 1 unspecified atom stereocenters. The van der Waals surface area contributed by atoms with Gasteiger partial charge in [0.15, 0.2) is 0 Å². The fraction of sp³-hybridized carbons (Fsp3) is 0.733. The lowest BCUT2D eigenvalue weighted by Crippen LogP contribution is -2.38. The minimum Gasteiger partial charge on any atom is -0.313 e. The molecule has 3 heteroatoms. The zero-order valence-corrected chi connectivity index (χ0v) is 12.7. The molecule has 1 aliphatic rings. The molecule has 1 aromatic rings. The average Bonchev–Trinajstić information content (AvgIpc) is 2.96. The molecular weight excluding hydrogens is 240 g/mol. The Morgan fingerprint density at radius 3 is 3.00 bits per heavy atom. The molecule has 1 N–H and O–H groups in total.